The number of aryl methyl sites for hydroxylation is 1. The highest BCUT2D eigenvalue weighted by Gasteiger charge is 2.03. The number of thiol groups is 1. The normalized spacial score (nSPS) is 10.5. The molecule has 0 unspecified atom stereocenters. The standard InChI is InChI=1S/C11H10ClNS2/c12-9-3-1-8(2-4-9)11-13-10(5-6-14)7-15-11/h1-4,7,14H,5-6H2. The lowest BCUT2D eigenvalue weighted by molar-refractivity contribution is 1.08. The lowest BCUT2D eigenvalue weighted by Gasteiger charge is -1.95. The fourth-order valence-electron chi connectivity index (χ4n) is 1.26. The van der Waals surface area contributed by atoms with Gasteiger partial charge >= 0.3 is 0 Å². The van der Waals surface area contributed by atoms with Gasteiger partial charge in [0, 0.05) is 16.0 Å². The zero-order valence-electron chi connectivity index (χ0n) is 7.98. The second-order valence-corrected chi connectivity index (χ2v) is 4.87. The second kappa shape index (κ2) is 5.01. The molecular formula is C11H10ClNS2. The molecule has 0 aliphatic rings. The van der Waals surface area contributed by atoms with E-state index < -0.39 is 0 Å². The minimum Gasteiger partial charge on any atom is -0.241 e. The number of thiazole rings is 1. The van der Waals surface area contributed by atoms with E-state index in [-0.39, 0.29) is 0 Å². The van der Waals surface area contributed by atoms with Gasteiger partial charge in [-0.05, 0) is 24.3 Å². The van der Waals surface area contributed by atoms with E-state index in [2.05, 4.69) is 23.0 Å². The first kappa shape index (κ1) is 11.0. The number of hydrogen-bond acceptors (Lipinski definition) is 3. The van der Waals surface area contributed by atoms with E-state index in [1.54, 1.807) is 11.3 Å². The van der Waals surface area contributed by atoms with E-state index in [4.69, 9.17) is 11.6 Å². The number of hydrogen-bond donors (Lipinski definition) is 1. The molecule has 2 aromatic rings. The first-order chi connectivity index (χ1) is 7.29. The molecule has 4 heteroatoms. The van der Waals surface area contributed by atoms with Crippen LogP contribution in [0, 0.1) is 0 Å². The van der Waals surface area contributed by atoms with E-state index >= 15 is 0 Å². The topological polar surface area (TPSA) is 12.9 Å². The van der Waals surface area contributed by atoms with Crippen LogP contribution in [0.15, 0.2) is 29.6 Å². The van der Waals surface area contributed by atoms with Crippen LogP contribution in [0.1, 0.15) is 5.69 Å². The summed E-state index contributed by atoms with van der Waals surface area (Å²) in [5.74, 6) is 0.837. The zero-order chi connectivity index (χ0) is 10.7. The summed E-state index contributed by atoms with van der Waals surface area (Å²) < 4.78 is 0. The predicted octanol–water partition coefficient (Wildman–Crippen LogP) is 3.94. The van der Waals surface area contributed by atoms with Crippen molar-refractivity contribution in [1.82, 2.24) is 4.98 Å². The van der Waals surface area contributed by atoms with E-state index in [9.17, 15) is 0 Å². The van der Waals surface area contributed by atoms with Crippen molar-refractivity contribution in [3.8, 4) is 10.6 Å². The number of aromatic nitrogens is 1. The third-order valence-corrected chi connectivity index (χ3v) is 3.43. The highest BCUT2D eigenvalue weighted by Crippen LogP contribution is 2.25. The molecule has 0 fully saturated rings. The van der Waals surface area contributed by atoms with Gasteiger partial charge in [0.05, 0.1) is 5.69 Å². The Balaban J connectivity index is 2.25. The Morgan fingerprint density at radius 3 is 2.67 bits per heavy atom. The van der Waals surface area contributed by atoms with Crippen LogP contribution in [0.4, 0.5) is 0 Å². The van der Waals surface area contributed by atoms with E-state index in [1.165, 1.54) is 0 Å². The molecule has 1 aromatic heterocycles. The molecule has 0 spiro atoms. The summed E-state index contributed by atoms with van der Waals surface area (Å²) in [6, 6.07) is 7.75. The monoisotopic (exact) mass is 255 g/mol. The summed E-state index contributed by atoms with van der Waals surface area (Å²) in [4.78, 5) is 4.53. The van der Waals surface area contributed by atoms with E-state index in [1.807, 2.05) is 24.3 Å². The fourth-order valence-corrected chi connectivity index (χ4v) is 2.48. The Kier molecular flexibility index (Phi) is 3.67. The van der Waals surface area contributed by atoms with Crippen molar-refractivity contribution >= 4 is 35.6 Å². The second-order valence-electron chi connectivity index (χ2n) is 3.12. The van der Waals surface area contributed by atoms with Gasteiger partial charge in [0.15, 0.2) is 0 Å². The minimum absolute atomic E-state index is 0.755. The third-order valence-electron chi connectivity index (χ3n) is 2.01. The van der Waals surface area contributed by atoms with Gasteiger partial charge in [-0.2, -0.15) is 12.6 Å². The van der Waals surface area contributed by atoms with Crippen molar-refractivity contribution in [2.24, 2.45) is 0 Å². The molecule has 15 heavy (non-hydrogen) atoms. The van der Waals surface area contributed by atoms with Gasteiger partial charge < -0.3 is 0 Å². The smallest absolute Gasteiger partial charge is 0.123 e. The zero-order valence-corrected chi connectivity index (χ0v) is 10.4. The first-order valence-corrected chi connectivity index (χ1v) is 6.50. The summed E-state index contributed by atoms with van der Waals surface area (Å²) >= 11 is 11.7. The summed E-state index contributed by atoms with van der Waals surface area (Å²) in [5.41, 5.74) is 2.23. The predicted molar refractivity (Wildman–Crippen MR) is 70.1 cm³/mol. The van der Waals surface area contributed by atoms with Gasteiger partial charge in [-0.25, -0.2) is 4.98 Å². The van der Waals surface area contributed by atoms with Gasteiger partial charge in [-0.1, -0.05) is 23.7 Å². The van der Waals surface area contributed by atoms with Crippen molar-refractivity contribution in [3.63, 3.8) is 0 Å². The molecule has 0 saturated carbocycles. The largest absolute Gasteiger partial charge is 0.241 e. The summed E-state index contributed by atoms with van der Waals surface area (Å²) in [5, 5.41) is 3.88. The molecule has 0 N–H and O–H groups in total. The maximum absolute atomic E-state index is 5.83. The molecule has 0 radical (unpaired) electrons. The molecule has 0 aliphatic heterocycles. The third kappa shape index (κ3) is 2.74. The molecule has 1 nitrogen and oxygen atoms in total. The Bertz CT molecular complexity index is 436. The number of nitrogens with zero attached hydrogens (tertiary/aromatic N) is 1. The van der Waals surface area contributed by atoms with Crippen molar-refractivity contribution < 1.29 is 0 Å². The SMILES string of the molecule is SCCc1csc(-c2ccc(Cl)cc2)n1. The number of halogens is 1. The van der Waals surface area contributed by atoms with Crippen molar-refractivity contribution in [3.05, 3.63) is 40.4 Å². The quantitative estimate of drug-likeness (QED) is 0.820. The van der Waals surface area contributed by atoms with Crippen LogP contribution in [-0.2, 0) is 6.42 Å². The summed E-state index contributed by atoms with van der Waals surface area (Å²) in [6.07, 6.45) is 0.924. The van der Waals surface area contributed by atoms with Gasteiger partial charge in [0.2, 0.25) is 0 Å². The highest BCUT2D eigenvalue weighted by atomic mass is 35.5. The van der Waals surface area contributed by atoms with Crippen LogP contribution in [0.2, 0.25) is 5.02 Å². The Labute approximate surface area is 104 Å². The molecule has 78 valence electrons. The van der Waals surface area contributed by atoms with Crippen LogP contribution in [0.3, 0.4) is 0 Å². The first-order valence-electron chi connectivity index (χ1n) is 4.61. The minimum atomic E-state index is 0.755. The van der Waals surface area contributed by atoms with Gasteiger partial charge in [0.1, 0.15) is 5.01 Å². The molecule has 0 atom stereocenters. The molecule has 0 aliphatic carbocycles. The maximum Gasteiger partial charge on any atom is 0.123 e. The Hall–Kier alpha value is -0.510. The molecule has 1 aromatic carbocycles. The molecular weight excluding hydrogens is 246 g/mol. The summed E-state index contributed by atoms with van der Waals surface area (Å²) in [6.45, 7) is 0. The highest BCUT2D eigenvalue weighted by molar-refractivity contribution is 7.80. The molecule has 0 bridgehead atoms. The van der Waals surface area contributed by atoms with Crippen LogP contribution in [0.5, 0.6) is 0 Å². The Morgan fingerprint density at radius 1 is 1.27 bits per heavy atom. The molecule has 2 rings (SSSR count). The molecule has 0 saturated heterocycles. The van der Waals surface area contributed by atoms with Crippen molar-refractivity contribution in [2.45, 2.75) is 6.42 Å². The van der Waals surface area contributed by atoms with Crippen LogP contribution >= 0.6 is 35.6 Å². The van der Waals surface area contributed by atoms with Crippen LogP contribution < -0.4 is 0 Å². The summed E-state index contributed by atoms with van der Waals surface area (Å²) in [7, 11) is 0. The average molecular weight is 256 g/mol. The van der Waals surface area contributed by atoms with E-state index in [0.29, 0.717) is 0 Å². The van der Waals surface area contributed by atoms with Crippen molar-refractivity contribution in [1.29, 1.82) is 0 Å². The van der Waals surface area contributed by atoms with Crippen LogP contribution in [-0.4, -0.2) is 10.7 Å². The fraction of sp³-hybridized carbons (Fsp3) is 0.182. The Morgan fingerprint density at radius 2 is 2.00 bits per heavy atom. The lowest BCUT2D eigenvalue weighted by Crippen LogP contribution is -1.85. The number of rotatable bonds is 3. The number of benzene rings is 1. The van der Waals surface area contributed by atoms with Gasteiger partial charge in [-0.15, -0.1) is 11.3 Å². The van der Waals surface area contributed by atoms with Crippen molar-refractivity contribution in [2.75, 3.05) is 5.75 Å². The van der Waals surface area contributed by atoms with Gasteiger partial charge in [0.25, 0.3) is 0 Å². The average Bonchev–Trinajstić information content (AvgIpc) is 2.68. The van der Waals surface area contributed by atoms with Crippen LogP contribution in [0.25, 0.3) is 10.6 Å². The van der Waals surface area contributed by atoms with Gasteiger partial charge in [-0.3, -0.25) is 0 Å². The maximum atomic E-state index is 5.83. The van der Waals surface area contributed by atoms with E-state index in [0.717, 1.165) is 33.5 Å². The molecule has 0 amide bonds. The molecule has 1 heterocycles. The lowest BCUT2D eigenvalue weighted by atomic mass is 10.2.